The average Bonchev–Trinajstić information content (AvgIpc) is 2.58. The molecule has 0 unspecified atom stereocenters. The lowest BCUT2D eigenvalue weighted by molar-refractivity contribution is -0.440. The molecule has 0 amide bonds. The van der Waals surface area contributed by atoms with Crippen LogP contribution in [0.1, 0.15) is 12.0 Å². The highest BCUT2D eigenvalue weighted by atomic mass is 19.4. The van der Waals surface area contributed by atoms with Crippen LogP contribution >= 0.6 is 0 Å². The van der Waals surface area contributed by atoms with E-state index in [4.69, 9.17) is 0 Å². The van der Waals surface area contributed by atoms with Crippen LogP contribution in [0.3, 0.4) is 0 Å². The lowest BCUT2D eigenvalue weighted by Crippen LogP contribution is -2.70. The lowest BCUT2D eigenvalue weighted by Gasteiger charge is -2.39. The Bertz CT molecular complexity index is 667. The molecule has 0 aliphatic heterocycles. The van der Waals surface area contributed by atoms with E-state index in [0.717, 1.165) is 0 Å². The molecule has 0 aromatic heterocycles. The quantitative estimate of drug-likeness (QED) is 0.363. The van der Waals surface area contributed by atoms with Crippen LogP contribution in [-0.2, 0) is 6.54 Å². The maximum absolute atomic E-state index is 13.5. The minimum Gasteiger partial charge on any atom is -0.312 e. The molecular formula is C15H12F13N. The minimum atomic E-state index is -7.86. The molecule has 1 N–H and O–H groups in total. The SMILES string of the molecule is FC(F)(F)C(F)(F)C(F)(F)C(F)(F)C(F)(F)C(F)(F)CCNCc1ccccc1. The summed E-state index contributed by atoms with van der Waals surface area (Å²) in [7, 11) is 0. The number of alkyl halides is 13. The van der Waals surface area contributed by atoms with Crippen molar-refractivity contribution >= 4 is 0 Å². The van der Waals surface area contributed by atoms with Crippen molar-refractivity contribution in [2.45, 2.75) is 48.8 Å². The van der Waals surface area contributed by atoms with E-state index in [1.54, 1.807) is 6.07 Å². The summed E-state index contributed by atoms with van der Waals surface area (Å²) in [6.45, 7) is -1.41. The highest BCUT2D eigenvalue weighted by Gasteiger charge is 2.90. The molecule has 0 bridgehead atoms. The van der Waals surface area contributed by atoms with Crippen molar-refractivity contribution in [1.82, 2.24) is 5.32 Å². The number of hydrogen-bond donors (Lipinski definition) is 1. The Balaban J connectivity index is 3.00. The lowest BCUT2D eigenvalue weighted by atomic mass is 9.92. The van der Waals surface area contributed by atoms with Crippen molar-refractivity contribution in [2.75, 3.05) is 6.54 Å². The normalized spacial score (nSPS) is 14.9. The van der Waals surface area contributed by atoms with E-state index in [0.29, 0.717) is 5.56 Å². The number of benzene rings is 1. The summed E-state index contributed by atoms with van der Waals surface area (Å²) in [5.74, 6) is -36.6. The Morgan fingerprint density at radius 3 is 1.48 bits per heavy atom. The van der Waals surface area contributed by atoms with Crippen LogP contribution in [0.2, 0.25) is 0 Å². The first-order valence-electron chi connectivity index (χ1n) is 7.53. The van der Waals surface area contributed by atoms with Crippen LogP contribution in [0, 0.1) is 0 Å². The zero-order chi connectivity index (χ0) is 22.9. The van der Waals surface area contributed by atoms with Crippen molar-refractivity contribution in [2.24, 2.45) is 0 Å². The molecule has 0 atom stereocenters. The van der Waals surface area contributed by atoms with Gasteiger partial charge in [0.05, 0.1) is 0 Å². The molecule has 168 valence electrons. The Labute approximate surface area is 154 Å². The predicted octanol–water partition coefficient (Wildman–Crippen LogP) is 5.91. The van der Waals surface area contributed by atoms with E-state index in [1.807, 2.05) is 0 Å². The molecule has 0 radical (unpaired) electrons. The molecule has 1 nitrogen and oxygen atoms in total. The van der Waals surface area contributed by atoms with E-state index < -0.39 is 48.8 Å². The molecule has 1 aromatic rings. The third-order valence-electron chi connectivity index (χ3n) is 3.79. The fraction of sp³-hybridized carbons (Fsp3) is 0.600. The third kappa shape index (κ3) is 4.40. The van der Waals surface area contributed by atoms with Crippen molar-refractivity contribution in [3.63, 3.8) is 0 Å². The van der Waals surface area contributed by atoms with Crippen LogP contribution in [0.5, 0.6) is 0 Å². The van der Waals surface area contributed by atoms with Gasteiger partial charge in [-0.15, -0.1) is 0 Å². The number of rotatable bonds is 9. The van der Waals surface area contributed by atoms with Gasteiger partial charge in [0.1, 0.15) is 0 Å². The van der Waals surface area contributed by atoms with Crippen LogP contribution in [0.4, 0.5) is 57.1 Å². The molecule has 29 heavy (non-hydrogen) atoms. The monoisotopic (exact) mass is 453 g/mol. The zero-order valence-corrected chi connectivity index (χ0v) is 13.9. The molecule has 1 aromatic carbocycles. The topological polar surface area (TPSA) is 12.0 Å². The second-order valence-corrected chi connectivity index (χ2v) is 5.91. The Hall–Kier alpha value is -1.73. The summed E-state index contributed by atoms with van der Waals surface area (Å²) in [6, 6.07) is 7.48. The van der Waals surface area contributed by atoms with E-state index in [1.165, 1.54) is 24.3 Å². The molecule has 0 heterocycles. The molecule has 0 aliphatic carbocycles. The summed E-state index contributed by atoms with van der Waals surface area (Å²) >= 11 is 0. The zero-order valence-electron chi connectivity index (χ0n) is 13.9. The Kier molecular flexibility index (Phi) is 6.84. The fourth-order valence-corrected chi connectivity index (χ4v) is 2.03. The van der Waals surface area contributed by atoms with Gasteiger partial charge < -0.3 is 5.32 Å². The second-order valence-electron chi connectivity index (χ2n) is 5.91. The summed E-state index contributed by atoms with van der Waals surface area (Å²) < 4.78 is 168. The molecule has 1 rings (SSSR count). The highest BCUT2D eigenvalue weighted by Crippen LogP contribution is 2.60. The van der Waals surface area contributed by atoms with E-state index in [-0.39, 0.29) is 6.54 Å². The van der Waals surface area contributed by atoms with Crippen LogP contribution in [0.25, 0.3) is 0 Å². The van der Waals surface area contributed by atoms with Crippen molar-refractivity contribution in [3.8, 4) is 0 Å². The molecule has 0 saturated heterocycles. The van der Waals surface area contributed by atoms with Crippen LogP contribution < -0.4 is 5.32 Å². The van der Waals surface area contributed by atoms with Crippen molar-refractivity contribution in [1.29, 1.82) is 0 Å². The number of nitrogens with one attached hydrogen (secondary N) is 1. The van der Waals surface area contributed by atoms with E-state index >= 15 is 0 Å². The van der Waals surface area contributed by atoms with Gasteiger partial charge in [-0.25, -0.2) is 0 Å². The van der Waals surface area contributed by atoms with Crippen molar-refractivity contribution < 1.29 is 57.1 Å². The summed E-state index contributed by atoms with van der Waals surface area (Å²) in [5, 5.41) is 2.10. The van der Waals surface area contributed by atoms with Gasteiger partial charge >= 0.3 is 35.8 Å². The molecule has 0 saturated carbocycles. The molecule has 0 spiro atoms. The smallest absolute Gasteiger partial charge is 0.312 e. The van der Waals surface area contributed by atoms with Gasteiger partial charge in [0.15, 0.2) is 0 Å². The minimum absolute atomic E-state index is 0.235. The van der Waals surface area contributed by atoms with Gasteiger partial charge in [-0.3, -0.25) is 0 Å². The van der Waals surface area contributed by atoms with E-state index in [9.17, 15) is 57.1 Å². The first kappa shape index (κ1) is 25.3. The van der Waals surface area contributed by atoms with Crippen molar-refractivity contribution in [3.05, 3.63) is 35.9 Å². The van der Waals surface area contributed by atoms with Crippen LogP contribution in [-0.4, -0.2) is 42.3 Å². The molecule has 0 fully saturated rings. The number of halogens is 13. The standard InChI is InChI=1S/C15H12F13N/c16-10(17,6-7-29-8-9-4-2-1-3-5-9)11(18,19)12(20,21)13(22,23)14(24,25)15(26,27)28/h1-5,29H,6-8H2. The Morgan fingerprint density at radius 2 is 1.03 bits per heavy atom. The first-order valence-corrected chi connectivity index (χ1v) is 7.53. The Morgan fingerprint density at radius 1 is 0.586 bits per heavy atom. The molecular weight excluding hydrogens is 441 g/mol. The molecule has 14 heteroatoms. The van der Waals surface area contributed by atoms with Gasteiger partial charge in [-0.2, -0.15) is 57.1 Å². The maximum Gasteiger partial charge on any atom is 0.460 e. The van der Waals surface area contributed by atoms with Gasteiger partial charge in [0, 0.05) is 19.5 Å². The fourth-order valence-electron chi connectivity index (χ4n) is 2.03. The third-order valence-corrected chi connectivity index (χ3v) is 3.79. The molecule has 0 aliphatic rings. The van der Waals surface area contributed by atoms with Crippen LogP contribution in [0.15, 0.2) is 30.3 Å². The maximum atomic E-state index is 13.5. The van der Waals surface area contributed by atoms with Gasteiger partial charge in [-0.05, 0) is 5.56 Å². The largest absolute Gasteiger partial charge is 0.460 e. The summed E-state index contributed by atoms with van der Waals surface area (Å²) in [6.07, 6.45) is -9.65. The average molecular weight is 453 g/mol. The number of hydrogen-bond acceptors (Lipinski definition) is 1. The van der Waals surface area contributed by atoms with Gasteiger partial charge in [0.25, 0.3) is 0 Å². The van der Waals surface area contributed by atoms with E-state index in [2.05, 4.69) is 5.32 Å². The second kappa shape index (κ2) is 7.84. The van der Waals surface area contributed by atoms with Gasteiger partial charge in [0.2, 0.25) is 0 Å². The summed E-state index contributed by atoms with van der Waals surface area (Å²) in [5.41, 5.74) is 0.434. The highest BCUT2D eigenvalue weighted by molar-refractivity contribution is 5.14. The summed E-state index contributed by atoms with van der Waals surface area (Å²) in [4.78, 5) is 0. The first-order chi connectivity index (χ1) is 12.8. The van der Waals surface area contributed by atoms with Gasteiger partial charge in [-0.1, -0.05) is 30.3 Å². The predicted molar refractivity (Wildman–Crippen MR) is 73.6 cm³/mol.